The molecule has 0 radical (unpaired) electrons. The number of likely N-dealkylation sites (tertiary alicyclic amines) is 1. The molecule has 8 heteroatoms. The molecule has 0 spiro atoms. The van der Waals surface area contributed by atoms with Crippen molar-refractivity contribution in [1.82, 2.24) is 4.90 Å². The van der Waals surface area contributed by atoms with Crippen LogP contribution in [0.25, 0.3) is 0 Å². The average molecular weight is 356 g/mol. The summed E-state index contributed by atoms with van der Waals surface area (Å²) in [6.07, 6.45) is 6.40. The maximum Gasteiger partial charge on any atom is 0.355 e. The van der Waals surface area contributed by atoms with Gasteiger partial charge in [0.25, 0.3) is 0 Å². The van der Waals surface area contributed by atoms with Gasteiger partial charge in [-0.3, -0.25) is 24.0 Å². The summed E-state index contributed by atoms with van der Waals surface area (Å²) in [5.41, 5.74) is 0. The van der Waals surface area contributed by atoms with E-state index in [0.29, 0.717) is 0 Å². The molecule has 3 atom stereocenters. The highest BCUT2D eigenvalue weighted by Crippen LogP contribution is 2.60. The molecule has 7 nitrogen and oxygen atoms in total. The summed E-state index contributed by atoms with van der Waals surface area (Å²) in [6, 6.07) is -0.0306. The molecule has 134 valence electrons. The molecular weight excluding hydrogens is 331 g/mol. The number of carbonyl (C=O) groups is 2. The number of nitrogens with zero attached hydrogens (tertiary/aromatic N) is 2. The van der Waals surface area contributed by atoms with Crippen molar-refractivity contribution in [3.8, 4) is 0 Å². The Labute approximate surface area is 142 Å². The normalized spacial score (nSPS) is 31.1. The van der Waals surface area contributed by atoms with Gasteiger partial charge in [-0.15, -0.1) is 0 Å². The molecule has 2 aliphatic heterocycles. The van der Waals surface area contributed by atoms with E-state index < -0.39 is 25.2 Å². The number of hydrogen-bond donors (Lipinski definition) is 0. The fraction of sp³-hybridized carbons (Fsp3) is 0.812. The first-order valence-electron chi connectivity index (χ1n) is 8.82. The molecular formula is C16H25N2O5P. The van der Waals surface area contributed by atoms with Crippen molar-refractivity contribution in [2.75, 3.05) is 13.2 Å². The molecule has 0 unspecified atom stereocenters. The van der Waals surface area contributed by atoms with Crippen LogP contribution in [-0.2, 0) is 23.2 Å². The van der Waals surface area contributed by atoms with E-state index in [0.717, 1.165) is 32.1 Å². The van der Waals surface area contributed by atoms with Gasteiger partial charge >= 0.3 is 7.60 Å². The van der Waals surface area contributed by atoms with Crippen LogP contribution in [0.3, 0.4) is 0 Å². The molecule has 0 aromatic heterocycles. The standard InChI is InChI=1S/C16H25N2O5P/c1-3-22-24(21,23-4-2)14-13-12(10-17-14)15(19)18(16(13)20)11-8-6-5-7-9-11/h10-14H,3-9H2,1-2H3/t12-,13-,14+/m1/s1. The highest BCUT2D eigenvalue weighted by molar-refractivity contribution is 7.54. The van der Waals surface area contributed by atoms with Crippen molar-refractivity contribution in [2.24, 2.45) is 16.8 Å². The van der Waals surface area contributed by atoms with E-state index in [9.17, 15) is 14.2 Å². The van der Waals surface area contributed by atoms with Crippen LogP contribution in [0.2, 0.25) is 0 Å². The van der Waals surface area contributed by atoms with Crippen LogP contribution in [0.15, 0.2) is 4.99 Å². The minimum Gasteiger partial charge on any atom is -0.307 e. The second kappa shape index (κ2) is 7.06. The van der Waals surface area contributed by atoms with E-state index in [4.69, 9.17) is 9.05 Å². The predicted molar refractivity (Wildman–Crippen MR) is 88.8 cm³/mol. The molecule has 2 fully saturated rings. The number of amides is 2. The summed E-state index contributed by atoms with van der Waals surface area (Å²) in [6.45, 7) is 3.85. The monoisotopic (exact) mass is 356 g/mol. The minimum absolute atomic E-state index is 0.0306. The summed E-state index contributed by atoms with van der Waals surface area (Å²) in [7, 11) is -3.57. The molecule has 3 rings (SSSR count). The molecule has 1 saturated carbocycles. The Morgan fingerprint density at radius 3 is 2.33 bits per heavy atom. The average Bonchev–Trinajstić information content (AvgIpc) is 3.10. The maximum absolute atomic E-state index is 13.1. The first-order chi connectivity index (χ1) is 11.5. The quantitative estimate of drug-likeness (QED) is 0.539. The summed E-state index contributed by atoms with van der Waals surface area (Å²) >= 11 is 0. The largest absolute Gasteiger partial charge is 0.355 e. The molecule has 2 amide bonds. The van der Waals surface area contributed by atoms with Crippen LogP contribution in [0.1, 0.15) is 46.0 Å². The lowest BCUT2D eigenvalue weighted by Gasteiger charge is -2.31. The van der Waals surface area contributed by atoms with Gasteiger partial charge in [0.15, 0.2) is 5.78 Å². The molecule has 24 heavy (non-hydrogen) atoms. The highest BCUT2D eigenvalue weighted by atomic mass is 31.2. The number of imide groups is 1. The van der Waals surface area contributed by atoms with Crippen LogP contribution in [-0.4, -0.2) is 48.0 Å². The van der Waals surface area contributed by atoms with Gasteiger partial charge in [-0.1, -0.05) is 19.3 Å². The lowest BCUT2D eigenvalue weighted by Crippen LogP contribution is -2.42. The first kappa shape index (κ1) is 17.8. The van der Waals surface area contributed by atoms with Crippen molar-refractivity contribution >= 4 is 25.6 Å². The Kier molecular flexibility index (Phi) is 5.23. The van der Waals surface area contributed by atoms with Crippen LogP contribution in [0.5, 0.6) is 0 Å². The van der Waals surface area contributed by atoms with Crippen molar-refractivity contribution in [2.45, 2.75) is 57.8 Å². The zero-order chi connectivity index (χ0) is 17.3. The topological polar surface area (TPSA) is 85.3 Å². The lowest BCUT2D eigenvalue weighted by molar-refractivity contribution is -0.143. The van der Waals surface area contributed by atoms with Gasteiger partial charge < -0.3 is 9.05 Å². The molecule has 0 aromatic rings. The molecule has 2 heterocycles. The lowest BCUT2D eigenvalue weighted by atomic mass is 9.94. The molecule has 0 aromatic carbocycles. The predicted octanol–water partition coefficient (Wildman–Crippen LogP) is 2.60. The van der Waals surface area contributed by atoms with Gasteiger partial charge in [0.1, 0.15) is 0 Å². The maximum atomic E-state index is 13.1. The summed E-state index contributed by atoms with van der Waals surface area (Å²) in [5, 5.41) is 0. The van der Waals surface area contributed by atoms with Gasteiger partial charge in [-0.05, 0) is 26.7 Å². The van der Waals surface area contributed by atoms with Gasteiger partial charge in [0, 0.05) is 12.3 Å². The van der Waals surface area contributed by atoms with Gasteiger partial charge in [-0.2, -0.15) is 0 Å². The van der Waals surface area contributed by atoms with Crippen molar-refractivity contribution < 1.29 is 23.2 Å². The van der Waals surface area contributed by atoms with E-state index >= 15 is 0 Å². The molecule has 1 saturated heterocycles. The fourth-order valence-electron chi connectivity index (χ4n) is 4.01. The summed E-state index contributed by atoms with van der Waals surface area (Å²) in [5.74, 6) is -2.75. The van der Waals surface area contributed by atoms with Gasteiger partial charge in [0.2, 0.25) is 11.8 Å². The van der Waals surface area contributed by atoms with Crippen LogP contribution >= 0.6 is 7.60 Å². The molecule has 0 N–H and O–H groups in total. The molecule has 3 aliphatic rings. The number of fused-ring (bicyclic) bond motifs is 1. The van der Waals surface area contributed by atoms with E-state index in [1.54, 1.807) is 13.8 Å². The van der Waals surface area contributed by atoms with Crippen molar-refractivity contribution in [1.29, 1.82) is 0 Å². The van der Waals surface area contributed by atoms with Gasteiger partial charge in [-0.25, -0.2) is 0 Å². The zero-order valence-corrected chi connectivity index (χ0v) is 15.1. The fourth-order valence-corrected chi connectivity index (χ4v) is 6.05. The minimum atomic E-state index is -3.57. The second-order valence-electron chi connectivity index (χ2n) is 6.48. The Morgan fingerprint density at radius 1 is 1.12 bits per heavy atom. The number of hydrogen-bond acceptors (Lipinski definition) is 6. The Hall–Kier alpha value is -1.04. The zero-order valence-electron chi connectivity index (χ0n) is 14.2. The third-order valence-corrected chi connectivity index (χ3v) is 7.37. The second-order valence-corrected chi connectivity index (χ2v) is 8.60. The van der Waals surface area contributed by atoms with Crippen molar-refractivity contribution in [3.63, 3.8) is 0 Å². The first-order valence-corrected chi connectivity index (χ1v) is 10.4. The van der Waals surface area contributed by atoms with E-state index in [-0.39, 0.29) is 31.1 Å². The highest BCUT2D eigenvalue weighted by Gasteiger charge is 2.60. The van der Waals surface area contributed by atoms with Crippen LogP contribution in [0.4, 0.5) is 0 Å². The summed E-state index contributed by atoms with van der Waals surface area (Å²) < 4.78 is 23.8. The number of aliphatic imine (C=N–C) groups is 1. The van der Waals surface area contributed by atoms with Gasteiger partial charge in [0.05, 0.1) is 25.0 Å². The Morgan fingerprint density at radius 2 is 1.75 bits per heavy atom. The number of carbonyl (C=O) groups excluding carboxylic acids is 2. The molecule has 1 aliphatic carbocycles. The van der Waals surface area contributed by atoms with E-state index in [1.165, 1.54) is 11.1 Å². The number of rotatable bonds is 6. The van der Waals surface area contributed by atoms with E-state index in [2.05, 4.69) is 4.99 Å². The SMILES string of the molecule is CCOP(=O)(OCC)[C@@H]1N=C[C@H]2C(=O)N(C3CCCCC3)C(=O)[C@@H]12. The molecule has 0 bridgehead atoms. The van der Waals surface area contributed by atoms with E-state index in [1.807, 2.05) is 0 Å². The van der Waals surface area contributed by atoms with Crippen LogP contribution < -0.4 is 0 Å². The van der Waals surface area contributed by atoms with Crippen molar-refractivity contribution in [3.05, 3.63) is 0 Å². The third-order valence-electron chi connectivity index (χ3n) is 5.03. The Balaban J connectivity index is 1.85. The smallest absolute Gasteiger partial charge is 0.307 e. The third kappa shape index (κ3) is 2.87. The van der Waals surface area contributed by atoms with Crippen LogP contribution in [0, 0.1) is 11.8 Å². The Bertz CT molecular complexity index is 577. The summed E-state index contributed by atoms with van der Waals surface area (Å²) in [4.78, 5) is 31.3.